The molecule has 0 unspecified atom stereocenters. The topological polar surface area (TPSA) is 55.8 Å². The lowest BCUT2D eigenvalue weighted by Crippen LogP contribution is -2.47. The van der Waals surface area contributed by atoms with Gasteiger partial charge in [0.2, 0.25) is 5.91 Å². The fourth-order valence-corrected chi connectivity index (χ4v) is 2.84. The molecule has 0 saturated carbocycles. The van der Waals surface area contributed by atoms with Crippen molar-refractivity contribution in [3.8, 4) is 0 Å². The number of methoxy groups -OCH3 is 1. The maximum atomic E-state index is 12.2. The van der Waals surface area contributed by atoms with Gasteiger partial charge in [0.1, 0.15) is 17.9 Å². The molecule has 1 fully saturated rings. The molecular weight excluding hydrogens is 282 g/mol. The zero-order valence-electron chi connectivity index (χ0n) is 12.3. The van der Waals surface area contributed by atoms with Gasteiger partial charge in [-0.1, -0.05) is 30.3 Å². The Morgan fingerprint density at radius 3 is 2.73 bits per heavy atom. The maximum Gasteiger partial charge on any atom is 0.247 e. The molecule has 2 aliphatic rings. The van der Waals surface area contributed by atoms with E-state index in [0.717, 1.165) is 5.56 Å². The third-order valence-electron chi connectivity index (χ3n) is 3.96. The third-order valence-corrected chi connectivity index (χ3v) is 3.96. The number of hydrogen-bond acceptors (Lipinski definition) is 4. The number of hydroxylamine groups is 2. The number of benzene rings is 1. The van der Waals surface area contributed by atoms with E-state index in [1.54, 1.807) is 6.08 Å². The van der Waals surface area contributed by atoms with Crippen LogP contribution in [0, 0.1) is 0 Å². The number of nitrogens with zero attached hydrogens (tertiary/aromatic N) is 1. The molecule has 1 heterocycles. The largest absolute Gasteiger partial charge is 0.498 e. The fourth-order valence-electron chi connectivity index (χ4n) is 2.84. The zero-order chi connectivity index (χ0) is 15.6. The number of amides is 1. The Balaban J connectivity index is 1.84. The van der Waals surface area contributed by atoms with Gasteiger partial charge in [0.05, 0.1) is 7.11 Å². The van der Waals surface area contributed by atoms with Crippen LogP contribution in [0.25, 0.3) is 0 Å². The second-order valence-corrected chi connectivity index (χ2v) is 5.32. The molecular formula is C17H17NO4. The van der Waals surface area contributed by atoms with Gasteiger partial charge in [-0.25, -0.2) is 5.06 Å². The van der Waals surface area contributed by atoms with E-state index in [4.69, 9.17) is 9.57 Å². The van der Waals surface area contributed by atoms with Crippen LogP contribution in [-0.4, -0.2) is 29.4 Å². The minimum absolute atomic E-state index is 0.113. The average Bonchev–Trinajstić information content (AvgIpc) is 2.86. The van der Waals surface area contributed by atoms with Crippen molar-refractivity contribution in [3.63, 3.8) is 0 Å². The molecule has 5 heteroatoms. The van der Waals surface area contributed by atoms with E-state index in [-0.39, 0.29) is 18.3 Å². The lowest BCUT2D eigenvalue weighted by atomic mass is 9.89. The molecule has 1 saturated heterocycles. The van der Waals surface area contributed by atoms with Crippen molar-refractivity contribution in [2.75, 3.05) is 7.11 Å². The van der Waals surface area contributed by atoms with Crippen molar-refractivity contribution in [1.29, 1.82) is 0 Å². The molecule has 0 N–H and O–H groups in total. The predicted octanol–water partition coefficient (Wildman–Crippen LogP) is 2.15. The van der Waals surface area contributed by atoms with Crippen LogP contribution in [0.4, 0.5) is 0 Å². The molecule has 3 rings (SSSR count). The SMILES string of the molecule is COC1=CC(=O)C=C[C@@]12CCC(=O)N2OCc1ccccc1. The highest BCUT2D eigenvalue weighted by Crippen LogP contribution is 2.40. The Morgan fingerprint density at radius 1 is 1.23 bits per heavy atom. The van der Waals surface area contributed by atoms with Gasteiger partial charge >= 0.3 is 0 Å². The van der Waals surface area contributed by atoms with Gasteiger partial charge in [0, 0.05) is 12.5 Å². The molecule has 0 bridgehead atoms. The summed E-state index contributed by atoms with van der Waals surface area (Å²) < 4.78 is 5.35. The second-order valence-electron chi connectivity index (χ2n) is 5.32. The monoisotopic (exact) mass is 299 g/mol. The van der Waals surface area contributed by atoms with Gasteiger partial charge in [0.25, 0.3) is 0 Å². The number of allylic oxidation sites excluding steroid dienone is 2. The van der Waals surface area contributed by atoms with Crippen molar-refractivity contribution in [2.45, 2.75) is 25.0 Å². The molecule has 5 nitrogen and oxygen atoms in total. The van der Waals surface area contributed by atoms with Gasteiger partial charge in [-0.2, -0.15) is 0 Å². The quantitative estimate of drug-likeness (QED) is 0.855. The molecule has 1 aromatic carbocycles. The summed E-state index contributed by atoms with van der Waals surface area (Å²) in [5.74, 6) is 0.182. The first-order chi connectivity index (χ1) is 10.7. The van der Waals surface area contributed by atoms with Gasteiger partial charge in [-0.15, -0.1) is 0 Å². The van der Waals surface area contributed by atoms with E-state index in [1.807, 2.05) is 30.3 Å². The van der Waals surface area contributed by atoms with Crippen LogP contribution in [-0.2, 0) is 25.8 Å². The van der Waals surface area contributed by atoms with Crippen molar-refractivity contribution in [2.24, 2.45) is 0 Å². The van der Waals surface area contributed by atoms with E-state index < -0.39 is 5.54 Å². The van der Waals surface area contributed by atoms with Crippen molar-refractivity contribution >= 4 is 11.7 Å². The first-order valence-electron chi connectivity index (χ1n) is 7.15. The highest BCUT2D eigenvalue weighted by molar-refractivity contribution is 6.01. The number of rotatable bonds is 4. The lowest BCUT2D eigenvalue weighted by molar-refractivity contribution is -0.206. The van der Waals surface area contributed by atoms with Gasteiger partial charge in [-0.3, -0.25) is 14.4 Å². The van der Waals surface area contributed by atoms with E-state index in [1.165, 1.54) is 24.3 Å². The van der Waals surface area contributed by atoms with Crippen LogP contribution in [0.15, 0.2) is 54.3 Å². The number of hydrogen-bond donors (Lipinski definition) is 0. The summed E-state index contributed by atoms with van der Waals surface area (Å²) in [6.45, 7) is 0.285. The Morgan fingerprint density at radius 2 is 2.00 bits per heavy atom. The van der Waals surface area contributed by atoms with Crippen LogP contribution >= 0.6 is 0 Å². The number of ketones is 1. The summed E-state index contributed by atoms with van der Waals surface area (Å²) in [5, 5.41) is 1.35. The summed E-state index contributed by atoms with van der Waals surface area (Å²) in [4.78, 5) is 29.5. The van der Waals surface area contributed by atoms with Crippen LogP contribution in [0.1, 0.15) is 18.4 Å². The molecule has 22 heavy (non-hydrogen) atoms. The first-order valence-corrected chi connectivity index (χ1v) is 7.15. The normalized spacial score (nSPS) is 24.0. The summed E-state index contributed by atoms with van der Waals surface area (Å²) in [6.07, 6.45) is 5.46. The van der Waals surface area contributed by atoms with E-state index >= 15 is 0 Å². The maximum absolute atomic E-state index is 12.2. The molecule has 114 valence electrons. The van der Waals surface area contributed by atoms with Crippen molar-refractivity contribution < 1.29 is 19.2 Å². The van der Waals surface area contributed by atoms with Crippen LogP contribution < -0.4 is 0 Å². The molecule has 1 amide bonds. The molecule has 1 atom stereocenters. The minimum atomic E-state index is -0.811. The predicted molar refractivity (Wildman–Crippen MR) is 79.3 cm³/mol. The van der Waals surface area contributed by atoms with Crippen molar-refractivity contribution in [3.05, 3.63) is 59.9 Å². The highest BCUT2D eigenvalue weighted by Gasteiger charge is 2.50. The summed E-state index contributed by atoms with van der Waals surface area (Å²) >= 11 is 0. The molecule has 1 aliphatic carbocycles. The smallest absolute Gasteiger partial charge is 0.247 e. The van der Waals surface area contributed by atoms with Gasteiger partial charge in [-0.05, 0) is 24.1 Å². The highest BCUT2D eigenvalue weighted by atomic mass is 16.7. The standard InChI is InChI=1S/C17H17NO4/c1-21-15-11-14(19)7-9-17(15)10-8-16(20)18(17)22-12-13-5-3-2-4-6-13/h2-7,9,11H,8,10,12H2,1H3/t17-/m1/s1. The van der Waals surface area contributed by atoms with Crippen LogP contribution in [0.3, 0.4) is 0 Å². The lowest BCUT2D eigenvalue weighted by Gasteiger charge is -2.36. The second kappa shape index (κ2) is 5.77. The number of ether oxygens (including phenoxy) is 1. The Labute approximate surface area is 128 Å². The molecule has 0 radical (unpaired) electrons. The minimum Gasteiger partial charge on any atom is -0.498 e. The van der Waals surface area contributed by atoms with E-state index in [2.05, 4.69) is 0 Å². The molecule has 0 aromatic heterocycles. The van der Waals surface area contributed by atoms with Crippen LogP contribution in [0.2, 0.25) is 0 Å². The van der Waals surface area contributed by atoms with E-state index in [0.29, 0.717) is 18.6 Å². The van der Waals surface area contributed by atoms with Crippen LogP contribution in [0.5, 0.6) is 0 Å². The van der Waals surface area contributed by atoms with Gasteiger partial charge in [0.15, 0.2) is 5.78 Å². The van der Waals surface area contributed by atoms with Gasteiger partial charge < -0.3 is 4.74 Å². The number of carbonyl (C=O) groups excluding carboxylic acids is 2. The first kappa shape index (κ1) is 14.5. The summed E-state index contributed by atoms with van der Waals surface area (Å²) in [6, 6.07) is 9.62. The molecule has 1 aromatic rings. The Hall–Kier alpha value is -2.40. The summed E-state index contributed by atoms with van der Waals surface area (Å²) in [7, 11) is 1.50. The zero-order valence-corrected chi connectivity index (χ0v) is 12.3. The Kier molecular flexibility index (Phi) is 3.81. The molecule has 1 spiro atoms. The summed E-state index contributed by atoms with van der Waals surface area (Å²) in [5.41, 5.74) is 0.158. The van der Waals surface area contributed by atoms with Crippen molar-refractivity contribution in [1.82, 2.24) is 5.06 Å². The average molecular weight is 299 g/mol. The molecule has 1 aliphatic heterocycles. The number of carbonyl (C=O) groups is 2. The third kappa shape index (κ3) is 2.44. The van der Waals surface area contributed by atoms with E-state index in [9.17, 15) is 9.59 Å². The fraction of sp³-hybridized carbons (Fsp3) is 0.294. The Bertz CT molecular complexity index is 650.